The maximum Gasteiger partial charge on any atom is 0.340 e. The number of methoxy groups -OCH3 is 3. The van der Waals surface area contributed by atoms with E-state index in [-0.39, 0.29) is 27.5 Å². The predicted octanol–water partition coefficient (Wildman–Crippen LogP) is 1.99. The molecule has 9 nitrogen and oxygen atoms in total. The second-order valence-corrected chi connectivity index (χ2v) is 8.17. The van der Waals surface area contributed by atoms with Crippen molar-refractivity contribution in [3.63, 3.8) is 0 Å². The van der Waals surface area contributed by atoms with E-state index in [9.17, 15) is 18.0 Å². The molecule has 2 aromatic carbocycles. The zero-order chi connectivity index (χ0) is 21.8. The van der Waals surface area contributed by atoms with E-state index in [2.05, 4.69) is 5.32 Å². The van der Waals surface area contributed by atoms with Gasteiger partial charge in [0.2, 0.25) is 10.0 Å². The number of nitrogens with one attached hydrogen (secondary N) is 1. The summed E-state index contributed by atoms with van der Waals surface area (Å²) in [6, 6.07) is 8.37. The van der Waals surface area contributed by atoms with Crippen molar-refractivity contribution in [3.8, 4) is 11.5 Å². The van der Waals surface area contributed by atoms with Crippen LogP contribution in [0.15, 0.2) is 41.3 Å². The van der Waals surface area contributed by atoms with Gasteiger partial charge in [-0.15, -0.1) is 0 Å². The van der Waals surface area contributed by atoms with Gasteiger partial charge in [0.25, 0.3) is 5.91 Å². The van der Waals surface area contributed by atoms with Crippen molar-refractivity contribution >= 4 is 27.6 Å². The molecule has 1 amide bonds. The van der Waals surface area contributed by atoms with Crippen molar-refractivity contribution < 1.29 is 32.2 Å². The minimum absolute atomic E-state index is 0.0318. The Hall–Kier alpha value is -3.11. The summed E-state index contributed by atoms with van der Waals surface area (Å²) >= 11 is 0. The number of carbonyl (C=O) groups is 2. The van der Waals surface area contributed by atoms with Gasteiger partial charge in [-0.05, 0) is 18.2 Å². The SMILES string of the molecule is COC(=O)c1cc(OC)c(OC)cc1NC(=O)c1cccc(S(=O)(=O)N(C)C)c1. The van der Waals surface area contributed by atoms with Crippen LogP contribution in [0.3, 0.4) is 0 Å². The highest BCUT2D eigenvalue weighted by Crippen LogP contribution is 2.34. The van der Waals surface area contributed by atoms with E-state index in [1.165, 1.54) is 71.8 Å². The van der Waals surface area contributed by atoms with E-state index in [4.69, 9.17) is 14.2 Å². The number of esters is 1. The van der Waals surface area contributed by atoms with Crippen LogP contribution in [0.25, 0.3) is 0 Å². The van der Waals surface area contributed by atoms with Crippen LogP contribution in [0.4, 0.5) is 5.69 Å². The highest BCUT2D eigenvalue weighted by molar-refractivity contribution is 7.89. The van der Waals surface area contributed by atoms with Crippen molar-refractivity contribution in [2.45, 2.75) is 4.90 Å². The van der Waals surface area contributed by atoms with Crippen LogP contribution in [0.5, 0.6) is 11.5 Å². The summed E-state index contributed by atoms with van der Waals surface area (Å²) in [6.45, 7) is 0. The number of anilines is 1. The van der Waals surface area contributed by atoms with Crippen LogP contribution >= 0.6 is 0 Å². The van der Waals surface area contributed by atoms with Gasteiger partial charge in [0.05, 0.1) is 37.5 Å². The highest BCUT2D eigenvalue weighted by Gasteiger charge is 2.22. The van der Waals surface area contributed by atoms with Gasteiger partial charge < -0.3 is 19.5 Å². The first-order chi connectivity index (χ1) is 13.6. The number of hydrogen-bond donors (Lipinski definition) is 1. The van der Waals surface area contributed by atoms with Gasteiger partial charge in [-0.25, -0.2) is 17.5 Å². The number of carbonyl (C=O) groups excluding carboxylic acids is 2. The van der Waals surface area contributed by atoms with Crippen molar-refractivity contribution in [3.05, 3.63) is 47.5 Å². The number of nitrogens with zero attached hydrogens (tertiary/aromatic N) is 1. The first kappa shape index (κ1) is 22.2. The number of hydrogen-bond acceptors (Lipinski definition) is 7. The third-order valence-electron chi connectivity index (χ3n) is 4.05. The Morgan fingerprint density at radius 3 is 2.14 bits per heavy atom. The minimum atomic E-state index is -3.71. The van der Waals surface area contributed by atoms with E-state index in [0.717, 1.165) is 4.31 Å². The lowest BCUT2D eigenvalue weighted by atomic mass is 10.1. The fraction of sp³-hybridized carbons (Fsp3) is 0.263. The molecule has 0 atom stereocenters. The number of ether oxygens (including phenoxy) is 3. The van der Waals surface area contributed by atoms with E-state index in [0.29, 0.717) is 5.75 Å². The average molecular weight is 422 g/mol. The predicted molar refractivity (Wildman–Crippen MR) is 106 cm³/mol. The van der Waals surface area contributed by atoms with Crippen molar-refractivity contribution in [2.75, 3.05) is 40.7 Å². The van der Waals surface area contributed by atoms with Crippen LogP contribution in [0.1, 0.15) is 20.7 Å². The summed E-state index contributed by atoms with van der Waals surface area (Å²) in [5.41, 5.74) is 0.273. The third-order valence-corrected chi connectivity index (χ3v) is 5.86. The first-order valence-electron chi connectivity index (χ1n) is 8.34. The lowest BCUT2D eigenvalue weighted by molar-refractivity contribution is 0.0601. The molecule has 0 spiro atoms. The van der Waals surface area contributed by atoms with Crippen LogP contribution < -0.4 is 14.8 Å². The van der Waals surface area contributed by atoms with Gasteiger partial charge in [-0.1, -0.05) is 6.07 Å². The number of benzene rings is 2. The summed E-state index contributed by atoms with van der Waals surface area (Å²) in [6.07, 6.45) is 0. The monoisotopic (exact) mass is 422 g/mol. The summed E-state index contributed by atoms with van der Waals surface area (Å²) in [5.74, 6) is -0.729. The van der Waals surface area contributed by atoms with Gasteiger partial charge in [0.1, 0.15) is 0 Å². The second kappa shape index (κ2) is 8.93. The zero-order valence-electron chi connectivity index (χ0n) is 16.7. The summed E-state index contributed by atoms with van der Waals surface area (Å²) in [7, 11) is 3.12. The first-order valence-corrected chi connectivity index (χ1v) is 9.78. The molecule has 0 saturated heterocycles. The summed E-state index contributed by atoms with van der Waals surface area (Å²) < 4.78 is 40.8. The molecule has 2 aromatic rings. The van der Waals surface area contributed by atoms with E-state index < -0.39 is 21.9 Å². The van der Waals surface area contributed by atoms with Gasteiger partial charge in [-0.2, -0.15) is 0 Å². The van der Waals surface area contributed by atoms with Gasteiger partial charge >= 0.3 is 5.97 Å². The van der Waals surface area contributed by atoms with Gasteiger partial charge in [0, 0.05) is 31.8 Å². The number of amides is 1. The molecule has 0 bridgehead atoms. The molecule has 0 aliphatic heterocycles. The molecule has 2 rings (SSSR count). The molecule has 156 valence electrons. The van der Waals surface area contributed by atoms with Crippen LogP contribution in [-0.2, 0) is 14.8 Å². The van der Waals surface area contributed by atoms with E-state index >= 15 is 0 Å². The van der Waals surface area contributed by atoms with E-state index in [1.807, 2.05) is 0 Å². The zero-order valence-corrected chi connectivity index (χ0v) is 17.5. The topological polar surface area (TPSA) is 111 Å². The average Bonchev–Trinajstić information content (AvgIpc) is 2.72. The number of rotatable bonds is 7. The highest BCUT2D eigenvalue weighted by atomic mass is 32.2. The Morgan fingerprint density at radius 2 is 1.59 bits per heavy atom. The molecule has 1 N–H and O–H groups in total. The maximum absolute atomic E-state index is 12.7. The Balaban J connectivity index is 2.46. The molecular formula is C19H22N2O7S. The van der Waals surface area contributed by atoms with Crippen LogP contribution in [0, 0.1) is 0 Å². The quantitative estimate of drug-likeness (QED) is 0.679. The number of sulfonamides is 1. The molecule has 0 aliphatic carbocycles. The Morgan fingerprint density at radius 1 is 0.966 bits per heavy atom. The molecular weight excluding hydrogens is 400 g/mol. The smallest absolute Gasteiger partial charge is 0.340 e. The Labute approximate surface area is 169 Å². The van der Waals surface area contributed by atoms with Crippen molar-refractivity contribution in [1.82, 2.24) is 4.31 Å². The van der Waals surface area contributed by atoms with E-state index in [1.54, 1.807) is 0 Å². The van der Waals surface area contributed by atoms with Crippen LogP contribution in [0.2, 0.25) is 0 Å². The molecule has 0 radical (unpaired) electrons. The molecule has 0 aromatic heterocycles. The van der Waals surface area contributed by atoms with Crippen molar-refractivity contribution in [2.24, 2.45) is 0 Å². The molecule has 0 fully saturated rings. The Bertz CT molecular complexity index is 1030. The van der Waals surface area contributed by atoms with Crippen LogP contribution in [-0.4, -0.2) is 60.0 Å². The largest absolute Gasteiger partial charge is 0.493 e. The fourth-order valence-corrected chi connectivity index (χ4v) is 3.41. The maximum atomic E-state index is 12.7. The molecule has 0 aliphatic rings. The third kappa shape index (κ3) is 4.66. The fourth-order valence-electron chi connectivity index (χ4n) is 2.46. The van der Waals surface area contributed by atoms with Gasteiger partial charge in [-0.3, -0.25) is 4.79 Å². The summed E-state index contributed by atoms with van der Waals surface area (Å²) in [4.78, 5) is 24.8. The molecule has 0 heterocycles. The lowest BCUT2D eigenvalue weighted by Gasteiger charge is -2.15. The second-order valence-electron chi connectivity index (χ2n) is 6.01. The molecule has 0 unspecified atom stereocenters. The Kier molecular flexibility index (Phi) is 6.83. The minimum Gasteiger partial charge on any atom is -0.493 e. The molecule has 10 heteroatoms. The van der Waals surface area contributed by atoms with Crippen molar-refractivity contribution in [1.29, 1.82) is 0 Å². The van der Waals surface area contributed by atoms with Gasteiger partial charge in [0.15, 0.2) is 11.5 Å². The molecule has 0 saturated carbocycles. The lowest BCUT2D eigenvalue weighted by Crippen LogP contribution is -2.23. The molecule has 29 heavy (non-hydrogen) atoms. The summed E-state index contributed by atoms with van der Waals surface area (Å²) in [5, 5.41) is 2.59. The normalized spacial score (nSPS) is 11.1. The standard InChI is InChI=1S/C19H22N2O7S/c1-21(2)29(24,25)13-8-6-7-12(9-13)18(22)20-15-11-17(27-4)16(26-3)10-14(15)19(23)28-5/h6-11H,1-5H3,(H,20,22).